The van der Waals surface area contributed by atoms with E-state index >= 15 is 0 Å². The summed E-state index contributed by atoms with van der Waals surface area (Å²) in [5.41, 5.74) is 6.90. The number of rotatable bonds is 3. The van der Waals surface area contributed by atoms with Crippen LogP contribution >= 0.6 is 11.8 Å². The van der Waals surface area contributed by atoms with Gasteiger partial charge in [-0.15, -0.1) is 0 Å². The number of thioether (sulfide) groups is 1. The molecular weight excluding hydrogens is 252 g/mol. The molecule has 1 saturated carbocycles. The third kappa shape index (κ3) is 3.48. The Balaban J connectivity index is 2.07. The van der Waals surface area contributed by atoms with Crippen LogP contribution in [0.3, 0.4) is 0 Å². The molecule has 0 aromatic heterocycles. The monoisotopic (exact) mass is 284 g/mol. The van der Waals surface area contributed by atoms with Crippen LogP contribution in [0.2, 0.25) is 0 Å². The van der Waals surface area contributed by atoms with Crippen molar-refractivity contribution in [2.24, 2.45) is 17.1 Å². The molecule has 1 atom stereocenters. The Morgan fingerprint density at radius 2 is 1.79 bits per heavy atom. The highest BCUT2D eigenvalue weighted by molar-refractivity contribution is 7.99. The van der Waals surface area contributed by atoms with Crippen LogP contribution < -0.4 is 5.73 Å². The molecule has 1 aliphatic heterocycles. The lowest BCUT2D eigenvalue weighted by molar-refractivity contribution is 0.0341. The number of hydrogen-bond acceptors (Lipinski definition) is 3. The predicted octanol–water partition coefficient (Wildman–Crippen LogP) is 3.36. The number of nitrogens with two attached hydrogens (primary N) is 1. The number of hydrogen-bond donors (Lipinski definition) is 1. The quantitative estimate of drug-likeness (QED) is 0.861. The van der Waals surface area contributed by atoms with E-state index in [9.17, 15) is 0 Å². The average Bonchev–Trinajstić information content (AvgIpc) is 2.37. The lowest BCUT2D eigenvalue weighted by Crippen LogP contribution is -2.61. The molecule has 1 saturated heterocycles. The van der Waals surface area contributed by atoms with Crippen molar-refractivity contribution in [3.05, 3.63) is 0 Å². The summed E-state index contributed by atoms with van der Waals surface area (Å²) in [5, 5.41) is 0. The Labute approximate surface area is 123 Å². The molecule has 112 valence electrons. The second-order valence-corrected chi connectivity index (χ2v) is 8.77. The van der Waals surface area contributed by atoms with E-state index in [0.29, 0.717) is 5.41 Å². The van der Waals surface area contributed by atoms with E-state index in [4.69, 9.17) is 5.73 Å². The van der Waals surface area contributed by atoms with E-state index in [1.54, 1.807) is 0 Å². The van der Waals surface area contributed by atoms with Crippen molar-refractivity contribution in [3.8, 4) is 0 Å². The maximum atomic E-state index is 6.24. The van der Waals surface area contributed by atoms with Gasteiger partial charge in [-0.05, 0) is 56.2 Å². The molecule has 0 aromatic rings. The number of likely N-dealkylation sites (N-methyl/N-ethyl adjacent to an activating group) is 1. The van der Waals surface area contributed by atoms with Crippen molar-refractivity contribution >= 4 is 11.8 Å². The molecule has 2 rings (SSSR count). The van der Waals surface area contributed by atoms with Gasteiger partial charge in [0.2, 0.25) is 0 Å². The Morgan fingerprint density at radius 3 is 2.32 bits per heavy atom. The first-order valence-corrected chi connectivity index (χ1v) is 9.05. The Hall–Kier alpha value is 0.270. The van der Waals surface area contributed by atoms with E-state index in [1.165, 1.54) is 43.6 Å². The van der Waals surface area contributed by atoms with Crippen LogP contribution in [0, 0.1) is 11.3 Å². The van der Waals surface area contributed by atoms with Crippen LogP contribution in [0.15, 0.2) is 0 Å². The van der Waals surface area contributed by atoms with Crippen LogP contribution in [0.1, 0.15) is 52.9 Å². The highest BCUT2D eigenvalue weighted by atomic mass is 32.2. The fourth-order valence-corrected chi connectivity index (χ4v) is 5.59. The van der Waals surface area contributed by atoms with E-state index in [2.05, 4.69) is 44.5 Å². The molecule has 0 bridgehead atoms. The maximum Gasteiger partial charge on any atom is 0.0427 e. The average molecular weight is 285 g/mol. The molecule has 2 fully saturated rings. The molecule has 0 radical (unpaired) electrons. The highest BCUT2D eigenvalue weighted by Gasteiger charge is 2.44. The van der Waals surface area contributed by atoms with E-state index in [-0.39, 0.29) is 5.54 Å². The minimum atomic E-state index is 0.234. The molecule has 3 heteroatoms. The first-order valence-electron chi connectivity index (χ1n) is 7.89. The lowest BCUT2D eigenvalue weighted by atomic mass is 9.77. The molecule has 19 heavy (non-hydrogen) atoms. The van der Waals surface area contributed by atoms with Gasteiger partial charge in [0, 0.05) is 23.9 Å². The first kappa shape index (κ1) is 15.7. The van der Waals surface area contributed by atoms with E-state index in [0.717, 1.165) is 18.5 Å². The number of nitrogens with zero attached hydrogens (tertiary/aromatic N) is 1. The van der Waals surface area contributed by atoms with Gasteiger partial charge in [-0.1, -0.05) is 20.8 Å². The fourth-order valence-electron chi connectivity index (χ4n) is 4.03. The van der Waals surface area contributed by atoms with Crippen LogP contribution in [0.4, 0.5) is 0 Å². The summed E-state index contributed by atoms with van der Waals surface area (Å²) in [5.74, 6) is 3.43. The maximum absolute atomic E-state index is 6.24. The van der Waals surface area contributed by atoms with Gasteiger partial charge in [-0.3, -0.25) is 4.90 Å². The summed E-state index contributed by atoms with van der Waals surface area (Å²) >= 11 is 2.10. The van der Waals surface area contributed by atoms with Crippen LogP contribution in [0.5, 0.6) is 0 Å². The Bertz CT molecular complexity index is 297. The van der Waals surface area contributed by atoms with Crippen LogP contribution in [0.25, 0.3) is 0 Å². The lowest BCUT2D eigenvalue weighted by Gasteiger charge is -2.52. The smallest absolute Gasteiger partial charge is 0.0427 e. The molecule has 2 aliphatic rings. The zero-order chi connectivity index (χ0) is 14.1. The van der Waals surface area contributed by atoms with Crippen molar-refractivity contribution in [3.63, 3.8) is 0 Å². The van der Waals surface area contributed by atoms with Crippen LogP contribution in [-0.4, -0.2) is 41.6 Å². The van der Waals surface area contributed by atoms with Crippen molar-refractivity contribution in [1.29, 1.82) is 0 Å². The SMILES string of the molecule is CC1CCC(N(C)C2(CN)CSCC(C)(C)C2)CC1. The van der Waals surface area contributed by atoms with E-state index in [1.807, 2.05) is 0 Å². The third-order valence-corrected chi connectivity index (χ3v) is 7.06. The summed E-state index contributed by atoms with van der Waals surface area (Å²) in [6, 6.07) is 0.759. The summed E-state index contributed by atoms with van der Waals surface area (Å²) in [6.45, 7) is 8.02. The van der Waals surface area contributed by atoms with Gasteiger partial charge in [0.1, 0.15) is 0 Å². The molecule has 1 heterocycles. The Morgan fingerprint density at radius 1 is 1.16 bits per heavy atom. The normalized spacial score (nSPS) is 39.5. The minimum Gasteiger partial charge on any atom is -0.329 e. The zero-order valence-electron chi connectivity index (χ0n) is 13.2. The van der Waals surface area contributed by atoms with Gasteiger partial charge in [0.15, 0.2) is 0 Å². The molecule has 2 nitrogen and oxygen atoms in total. The van der Waals surface area contributed by atoms with Gasteiger partial charge in [-0.2, -0.15) is 11.8 Å². The van der Waals surface area contributed by atoms with Gasteiger partial charge >= 0.3 is 0 Å². The molecule has 1 unspecified atom stereocenters. The summed E-state index contributed by atoms with van der Waals surface area (Å²) in [7, 11) is 2.34. The zero-order valence-corrected chi connectivity index (χ0v) is 14.1. The van der Waals surface area contributed by atoms with Crippen molar-refractivity contribution < 1.29 is 0 Å². The van der Waals surface area contributed by atoms with Crippen molar-refractivity contribution in [2.75, 3.05) is 25.1 Å². The highest BCUT2D eigenvalue weighted by Crippen LogP contribution is 2.43. The largest absolute Gasteiger partial charge is 0.329 e. The second kappa shape index (κ2) is 5.95. The van der Waals surface area contributed by atoms with E-state index < -0.39 is 0 Å². The van der Waals surface area contributed by atoms with Gasteiger partial charge in [0.25, 0.3) is 0 Å². The molecule has 0 spiro atoms. The second-order valence-electron chi connectivity index (χ2n) is 7.79. The summed E-state index contributed by atoms with van der Waals surface area (Å²) in [6.07, 6.45) is 6.78. The van der Waals surface area contributed by atoms with Crippen molar-refractivity contribution in [2.45, 2.75) is 64.5 Å². The van der Waals surface area contributed by atoms with Crippen LogP contribution in [-0.2, 0) is 0 Å². The van der Waals surface area contributed by atoms with Gasteiger partial charge in [0.05, 0.1) is 0 Å². The molecule has 2 N–H and O–H groups in total. The van der Waals surface area contributed by atoms with Gasteiger partial charge in [-0.25, -0.2) is 0 Å². The molecule has 0 amide bonds. The van der Waals surface area contributed by atoms with Crippen molar-refractivity contribution in [1.82, 2.24) is 4.90 Å². The molecule has 0 aromatic carbocycles. The standard InChI is InChI=1S/C16H32N2S/c1-13-5-7-14(8-6-13)18(4)16(10-17)9-15(2,3)11-19-12-16/h13-14H,5-12,17H2,1-4H3. The third-order valence-electron chi connectivity index (χ3n) is 5.33. The first-order chi connectivity index (χ1) is 8.88. The summed E-state index contributed by atoms with van der Waals surface area (Å²) in [4.78, 5) is 2.67. The molecular formula is C16H32N2S. The predicted molar refractivity (Wildman–Crippen MR) is 86.7 cm³/mol. The summed E-state index contributed by atoms with van der Waals surface area (Å²) < 4.78 is 0. The topological polar surface area (TPSA) is 29.3 Å². The van der Waals surface area contributed by atoms with Gasteiger partial charge < -0.3 is 5.73 Å². The minimum absolute atomic E-state index is 0.234. The Kier molecular flexibility index (Phi) is 4.90. The fraction of sp³-hybridized carbons (Fsp3) is 1.00. The molecule has 1 aliphatic carbocycles.